The summed E-state index contributed by atoms with van der Waals surface area (Å²) in [6, 6.07) is 0. The highest BCUT2D eigenvalue weighted by Crippen LogP contribution is 2.28. The summed E-state index contributed by atoms with van der Waals surface area (Å²) in [6.45, 7) is -2.02. The molecule has 12 heteroatoms. The molecule has 0 aromatic heterocycles. The lowest BCUT2D eigenvalue weighted by atomic mass is 9.97. The van der Waals surface area contributed by atoms with Gasteiger partial charge in [0.2, 0.25) is 0 Å². The molecular formula is C14H25FO11. The van der Waals surface area contributed by atoms with Crippen molar-refractivity contribution < 1.29 is 59.1 Å². The molecule has 0 aromatic rings. The van der Waals surface area contributed by atoms with Gasteiger partial charge in [-0.15, -0.1) is 0 Å². The van der Waals surface area contributed by atoms with Crippen LogP contribution >= 0.6 is 0 Å². The Hall–Kier alpha value is -0.510. The van der Waals surface area contributed by atoms with Gasteiger partial charge in [0.05, 0.1) is 19.8 Å². The molecule has 2 aliphatic heterocycles. The number of halogens is 1. The topological polar surface area (TPSA) is 179 Å². The first-order chi connectivity index (χ1) is 12.3. The van der Waals surface area contributed by atoms with Crippen molar-refractivity contribution in [3.05, 3.63) is 0 Å². The van der Waals surface area contributed by atoms with E-state index >= 15 is 0 Å². The lowest BCUT2D eigenvalue weighted by Crippen LogP contribution is -2.64. The van der Waals surface area contributed by atoms with Gasteiger partial charge in [-0.05, 0) is 0 Å². The van der Waals surface area contributed by atoms with Crippen LogP contribution < -0.4 is 0 Å². The van der Waals surface area contributed by atoms with Gasteiger partial charge in [-0.25, -0.2) is 4.39 Å². The fraction of sp³-hybridized carbons (Fsp3) is 1.00. The van der Waals surface area contributed by atoms with Gasteiger partial charge in [0.1, 0.15) is 55.5 Å². The molecule has 2 saturated heterocycles. The summed E-state index contributed by atoms with van der Waals surface area (Å²) in [6.07, 6.45) is -15.6. The van der Waals surface area contributed by atoms with Crippen molar-refractivity contribution in [2.24, 2.45) is 0 Å². The van der Waals surface area contributed by atoms with Gasteiger partial charge in [0.15, 0.2) is 12.6 Å². The van der Waals surface area contributed by atoms with E-state index in [1.165, 1.54) is 0 Å². The van der Waals surface area contributed by atoms with Crippen molar-refractivity contribution in [3.63, 3.8) is 0 Å². The van der Waals surface area contributed by atoms with E-state index in [0.717, 1.165) is 0 Å². The molecule has 0 bridgehead atoms. The molecule has 2 rings (SSSR count). The van der Waals surface area contributed by atoms with Crippen molar-refractivity contribution in [2.75, 3.05) is 26.5 Å². The van der Waals surface area contributed by atoms with Gasteiger partial charge in [-0.3, -0.25) is 0 Å². The highest BCUT2D eigenvalue weighted by Gasteiger charge is 2.50. The second kappa shape index (κ2) is 9.61. The van der Waals surface area contributed by atoms with Crippen molar-refractivity contribution in [2.45, 2.75) is 61.4 Å². The molecular weight excluding hydrogens is 363 g/mol. The van der Waals surface area contributed by atoms with E-state index in [4.69, 9.17) is 18.9 Å². The van der Waals surface area contributed by atoms with Gasteiger partial charge < -0.3 is 54.7 Å². The Morgan fingerprint density at radius 3 is 2.12 bits per heavy atom. The standard InChI is InChI=1S/C14H25FO11/c15-1-2-23-4-6-7(17)8(18)11(21)14(25-6)26-12-5(3-16)24-13(22)10(20)9(12)19/h5-14,16-22H,1-4H2/t5-,6-,7+,8+,9-,10-,11-,12-,13+,14+/m1/s1. The zero-order valence-corrected chi connectivity index (χ0v) is 13.7. The smallest absolute Gasteiger partial charge is 0.187 e. The highest BCUT2D eigenvalue weighted by atomic mass is 19.1. The van der Waals surface area contributed by atoms with Crippen molar-refractivity contribution >= 4 is 0 Å². The Morgan fingerprint density at radius 1 is 0.808 bits per heavy atom. The molecule has 0 radical (unpaired) electrons. The fourth-order valence-electron chi connectivity index (χ4n) is 2.81. The van der Waals surface area contributed by atoms with E-state index in [0.29, 0.717) is 0 Å². The molecule has 154 valence electrons. The monoisotopic (exact) mass is 388 g/mol. The Morgan fingerprint density at radius 2 is 1.50 bits per heavy atom. The summed E-state index contributed by atoms with van der Waals surface area (Å²) in [5, 5.41) is 68.4. The largest absolute Gasteiger partial charge is 0.394 e. The van der Waals surface area contributed by atoms with E-state index in [1.807, 2.05) is 0 Å². The lowest BCUT2D eigenvalue weighted by Gasteiger charge is -2.45. The fourth-order valence-corrected chi connectivity index (χ4v) is 2.81. The molecule has 2 heterocycles. The molecule has 26 heavy (non-hydrogen) atoms. The minimum absolute atomic E-state index is 0.261. The van der Waals surface area contributed by atoms with Gasteiger partial charge >= 0.3 is 0 Å². The maximum atomic E-state index is 12.1. The van der Waals surface area contributed by atoms with Crippen LogP contribution in [0.2, 0.25) is 0 Å². The van der Waals surface area contributed by atoms with Crippen LogP contribution in [0.1, 0.15) is 0 Å². The predicted molar refractivity (Wildman–Crippen MR) is 78.3 cm³/mol. The lowest BCUT2D eigenvalue weighted by molar-refractivity contribution is -0.355. The number of hydrogen-bond acceptors (Lipinski definition) is 11. The van der Waals surface area contributed by atoms with Gasteiger partial charge in [0, 0.05) is 0 Å². The summed E-state index contributed by atoms with van der Waals surface area (Å²) in [7, 11) is 0. The molecule has 11 nitrogen and oxygen atoms in total. The summed E-state index contributed by atoms with van der Waals surface area (Å²) in [4.78, 5) is 0. The molecule has 0 aromatic carbocycles. The van der Waals surface area contributed by atoms with Crippen molar-refractivity contribution in [3.8, 4) is 0 Å². The average Bonchev–Trinajstić information content (AvgIpc) is 2.63. The average molecular weight is 388 g/mol. The molecule has 10 atom stereocenters. The third-order valence-corrected chi connectivity index (χ3v) is 4.30. The first kappa shape index (κ1) is 21.8. The van der Waals surface area contributed by atoms with E-state index in [2.05, 4.69) is 0 Å². The van der Waals surface area contributed by atoms with Crippen LogP contribution in [-0.4, -0.2) is 124 Å². The van der Waals surface area contributed by atoms with Crippen LogP contribution in [-0.2, 0) is 18.9 Å². The number of rotatable bonds is 7. The normalized spacial score (nSPS) is 47.1. The van der Waals surface area contributed by atoms with Gasteiger partial charge in [-0.2, -0.15) is 0 Å². The van der Waals surface area contributed by atoms with Crippen LogP contribution in [0.3, 0.4) is 0 Å². The third kappa shape index (κ3) is 4.66. The molecule has 2 fully saturated rings. The van der Waals surface area contributed by atoms with E-state index < -0.39 is 74.7 Å². The van der Waals surface area contributed by atoms with Crippen molar-refractivity contribution in [1.29, 1.82) is 0 Å². The zero-order valence-electron chi connectivity index (χ0n) is 13.7. The van der Waals surface area contributed by atoms with Crippen LogP contribution in [0.15, 0.2) is 0 Å². The Bertz CT molecular complexity index is 428. The van der Waals surface area contributed by atoms with E-state index in [9.17, 15) is 40.1 Å². The Balaban J connectivity index is 2.07. The molecule has 0 saturated carbocycles. The SMILES string of the molecule is OC[C@H]1O[C@H](O)[C@H](O)[C@@H](O)[C@@H]1O[C@@H]1O[C@H](COCCF)[C@H](O)[C@H](O)[C@H]1O. The molecule has 0 unspecified atom stereocenters. The van der Waals surface area contributed by atoms with Crippen LogP contribution in [0.5, 0.6) is 0 Å². The maximum absolute atomic E-state index is 12.1. The van der Waals surface area contributed by atoms with Crippen LogP contribution in [0.4, 0.5) is 4.39 Å². The second-order valence-electron chi connectivity index (χ2n) is 6.11. The third-order valence-electron chi connectivity index (χ3n) is 4.30. The molecule has 0 spiro atoms. The van der Waals surface area contributed by atoms with Crippen LogP contribution in [0.25, 0.3) is 0 Å². The molecule has 0 amide bonds. The summed E-state index contributed by atoms with van der Waals surface area (Å²) >= 11 is 0. The Kier molecular flexibility index (Phi) is 8.06. The maximum Gasteiger partial charge on any atom is 0.187 e. The zero-order chi connectivity index (χ0) is 19.4. The summed E-state index contributed by atoms with van der Waals surface area (Å²) < 4.78 is 32.6. The highest BCUT2D eigenvalue weighted by molar-refractivity contribution is 4.93. The van der Waals surface area contributed by atoms with E-state index in [1.54, 1.807) is 0 Å². The minimum atomic E-state index is -1.76. The first-order valence-electron chi connectivity index (χ1n) is 8.11. The predicted octanol–water partition coefficient (Wildman–Crippen LogP) is -4.40. The van der Waals surface area contributed by atoms with Gasteiger partial charge in [0.25, 0.3) is 0 Å². The van der Waals surface area contributed by atoms with Crippen molar-refractivity contribution in [1.82, 2.24) is 0 Å². The number of hydrogen-bond donors (Lipinski definition) is 7. The second-order valence-corrected chi connectivity index (χ2v) is 6.11. The van der Waals surface area contributed by atoms with E-state index in [-0.39, 0.29) is 13.2 Å². The molecule has 7 N–H and O–H groups in total. The quantitative estimate of drug-likeness (QED) is 0.209. The number of aliphatic hydroxyl groups excluding tert-OH is 7. The minimum Gasteiger partial charge on any atom is -0.394 e. The Labute approximate surface area is 148 Å². The number of ether oxygens (including phenoxy) is 4. The molecule has 0 aliphatic carbocycles. The molecule has 2 aliphatic rings. The number of aliphatic hydroxyl groups is 7. The number of alkyl halides is 1. The van der Waals surface area contributed by atoms with Crippen LogP contribution in [0, 0.1) is 0 Å². The summed E-state index contributed by atoms with van der Waals surface area (Å²) in [5.41, 5.74) is 0. The van der Waals surface area contributed by atoms with Gasteiger partial charge in [-0.1, -0.05) is 0 Å². The summed E-state index contributed by atoms with van der Waals surface area (Å²) in [5.74, 6) is 0. The first-order valence-corrected chi connectivity index (χ1v) is 8.11.